The number of hydrogen-bond acceptors (Lipinski definition) is 3. The zero-order valence-electron chi connectivity index (χ0n) is 8.96. The second-order valence-electron chi connectivity index (χ2n) is 3.99. The van der Waals surface area contributed by atoms with Gasteiger partial charge in [0.1, 0.15) is 5.82 Å². The molecule has 0 aliphatic heterocycles. The molecule has 0 aliphatic rings. The van der Waals surface area contributed by atoms with E-state index in [1.807, 2.05) is 25.8 Å². The molecular weight excluding hydrogens is 279 g/mol. The Morgan fingerprint density at radius 1 is 1.60 bits per heavy atom. The minimum absolute atomic E-state index is 0.0558. The molecule has 0 atom stereocenters. The summed E-state index contributed by atoms with van der Waals surface area (Å²) in [4.78, 5) is 6.14. The second-order valence-corrected chi connectivity index (χ2v) is 5.28. The zero-order valence-corrected chi connectivity index (χ0v) is 11.3. The van der Waals surface area contributed by atoms with Gasteiger partial charge in [0.25, 0.3) is 0 Å². The van der Waals surface area contributed by atoms with Crippen LogP contribution in [0.15, 0.2) is 16.7 Å². The molecule has 1 aromatic heterocycles. The molecule has 0 aromatic carbocycles. The normalized spacial score (nSPS) is 11.6. The van der Waals surface area contributed by atoms with Crippen molar-refractivity contribution in [1.29, 1.82) is 0 Å². The highest BCUT2D eigenvalue weighted by molar-refractivity contribution is 9.10. The number of likely N-dealkylation sites (N-methyl/N-ethyl adjacent to an activating group) is 1. The predicted octanol–water partition coefficient (Wildman–Crippen LogP) is 2.70. The average molecular weight is 294 g/mol. The zero-order chi connectivity index (χ0) is 11.6. The minimum atomic E-state index is -0.358. The van der Waals surface area contributed by atoms with Crippen LogP contribution in [0.5, 0.6) is 0 Å². The lowest BCUT2D eigenvalue weighted by Crippen LogP contribution is -2.45. The van der Waals surface area contributed by atoms with Crippen molar-refractivity contribution in [3.8, 4) is 0 Å². The van der Waals surface area contributed by atoms with Crippen molar-refractivity contribution in [1.82, 2.24) is 4.98 Å². The lowest BCUT2D eigenvalue weighted by molar-refractivity contribution is 0.215. The van der Waals surface area contributed by atoms with Crippen LogP contribution in [-0.4, -0.2) is 29.3 Å². The quantitative estimate of drug-likeness (QED) is 0.931. The molecule has 3 nitrogen and oxygen atoms in total. The molecule has 1 N–H and O–H groups in total. The number of rotatable bonds is 3. The summed E-state index contributed by atoms with van der Waals surface area (Å²) in [5.41, 5.74) is -0.358. The molecular formula is C10H14BrClN2O. The Bertz CT molecular complexity index is 357. The summed E-state index contributed by atoms with van der Waals surface area (Å²) in [6.45, 7) is 3.94. The summed E-state index contributed by atoms with van der Waals surface area (Å²) < 4.78 is 0.819. The second kappa shape index (κ2) is 4.68. The maximum absolute atomic E-state index is 9.26. The molecule has 5 heteroatoms. The van der Waals surface area contributed by atoms with E-state index < -0.39 is 0 Å². The fourth-order valence-corrected chi connectivity index (χ4v) is 1.95. The first kappa shape index (κ1) is 12.7. The van der Waals surface area contributed by atoms with Gasteiger partial charge in [-0.2, -0.15) is 0 Å². The lowest BCUT2D eigenvalue weighted by Gasteiger charge is -2.35. The van der Waals surface area contributed by atoms with Crippen LogP contribution in [0.25, 0.3) is 0 Å². The van der Waals surface area contributed by atoms with E-state index in [0.29, 0.717) is 5.02 Å². The Balaban J connectivity index is 3.06. The first-order chi connectivity index (χ1) is 6.88. The number of aliphatic hydroxyl groups is 1. The molecule has 0 bridgehead atoms. The van der Waals surface area contributed by atoms with Crippen molar-refractivity contribution in [2.45, 2.75) is 19.4 Å². The Hall–Kier alpha value is -0.320. The fraction of sp³-hybridized carbons (Fsp3) is 0.500. The van der Waals surface area contributed by atoms with Crippen LogP contribution in [0.3, 0.4) is 0 Å². The standard InChI is InChI=1S/C10H14BrClN2O/c1-10(2,6-15)14(3)9-8(11)4-7(12)5-13-9/h4-5,15H,6H2,1-3H3. The van der Waals surface area contributed by atoms with Crippen LogP contribution in [-0.2, 0) is 0 Å². The molecule has 1 heterocycles. The highest BCUT2D eigenvalue weighted by Gasteiger charge is 2.25. The van der Waals surface area contributed by atoms with E-state index in [-0.39, 0.29) is 12.1 Å². The molecule has 0 saturated heterocycles. The third-order valence-corrected chi connectivity index (χ3v) is 3.19. The molecule has 0 unspecified atom stereocenters. The largest absolute Gasteiger partial charge is 0.394 e. The number of hydrogen-bond donors (Lipinski definition) is 1. The van der Waals surface area contributed by atoms with Gasteiger partial charge in [0.2, 0.25) is 0 Å². The Labute approximate surface area is 103 Å². The van der Waals surface area contributed by atoms with Gasteiger partial charge in [-0.15, -0.1) is 0 Å². The van der Waals surface area contributed by atoms with Gasteiger partial charge in [-0.1, -0.05) is 11.6 Å². The summed E-state index contributed by atoms with van der Waals surface area (Å²) in [5.74, 6) is 0.762. The van der Waals surface area contributed by atoms with Crippen LogP contribution in [0.4, 0.5) is 5.82 Å². The smallest absolute Gasteiger partial charge is 0.143 e. The third-order valence-electron chi connectivity index (χ3n) is 2.40. The van der Waals surface area contributed by atoms with E-state index in [4.69, 9.17) is 11.6 Å². The maximum Gasteiger partial charge on any atom is 0.143 e. The number of nitrogens with zero attached hydrogens (tertiary/aromatic N) is 2. The topological polar surface area (TPSA) is 36.4 Å². The van der Waals surface area contributed by atoms with Gasteiger partial charge in [-0.25, -0.2) is 4.98 Å². The van der Waals surface area contributed by atoms with E-state index in [9.17, 15) is 5.11 Å². The summed E-state index contributed by atoms with van der Waals surface area (Å²) in [6, 6.07) is 1.79. The molecule has 0 aliphatic carbocycles. The van der Waals surface area contributed by atoms with Crippen molar-refractivity contribution in [3.05, 3.63) is 21.8 Å². The van der Waals surface area contributed by atoms with E-state index >= 15 is 0 Å². The molecule has 0 fully saturated rings. The van der Waals surface area contributed by atoms with Gasteiger partial charge in [0.15, 0.2) is 0 Å². The van der Waals surface area contributed by atoms with Gasteiger partial charge >= 0.3 is 0 Å². The molecule has 1 aromatic rings. The number of pyridine rings is 1. The van der Waals surface area contributed by atoms with Gasteiger partial charge in [0.05, 0.1) is 21.6 Å². The monoisotopic (exact) mass is 292 g/mol. The Morgan fingerprint density at radius 3 is 2.67 bits per heavy atom. The molecule has 1 rings (SSSR count). The van der Waals surface area contributed by atoms with Crippen LogP contribution in [0, 0.1) is 0 Å². The fourth-order valence-electron chi connectivity index (χ4n) is 1.05. The average Bonchev–Trinajstić information content (AvgIpc) is 2.17. The SMILES string of the molecule is CN(c1ncc(Cl)cc1Br)C(C)(C)CO. The van der Waals surface area contributed by atoms with E-state index in [1.165, 1.54) is 0 Å². The predicted molar refractivity (Wildman–Crippen MR) is 66.5 cm³/mol. The Kier molecular flexibility index (Phi) is 3.98. The van der Waals surface area contributed by atoms with E-state index in [1.54, 1.807) is 12.3 Å². The van der Waals surface area contributed by atoms with Gasteiger partial charge < -0.3 is 10.0 Å². The van der Waals surface area contributed by atoms with Gasteiger partial charge in [0, 0.05) is 13.2 Å². The third kappa shape index (κ3) is 2.83. The summed E-state index contributed by atoms with van der Waals surface area (Å²) in [7, 11) is 1.89. The molecule has 0 saturated carbocycles. The maximum atomic E-state index is 9.26. The number of aromatic nitrogens is 1. The van der Waals surface area contributed by atoms with Crippen molar-refractivity contribution in [2.24, 2.45) is 0 Å². The molecule has 15 heavy (non-hydrogen) atoms. The van der Waals surface area contributed by atoms with Crippen molar-refractivity contribution >= 4 is 33.3 Å². The van der Waals surface area contributed by atoms with Crippen LogP contribution in [0.2, 0.25) is 5.02 Å². The lowest BCUT2D eigenvalue weighted by atomic mass is 10.1. The summed E-state index contributed by atoms with van der Waals surface area (Å²) >= 11 is 9.21. The molecule has 0 spiro atoms. The van der Waals surface area contributed by atoms with Gasteiger partial charge in [-0.05, 0) is 35.8 Å². The Morgan fingerprint density at radius 2 is 2.20 bits per heavy atom. The number of anilines is 1. The highest BCUT2D eigenvalue weighted by atomic mass is 79.9. The minimum Gasteiger partial charge on any atom is -0.394 e. The van der Waals surface area contributed by atoms with E-state index in [2.05, 4.69) is 20.9 Å². The van der Waals surface area contributed by atoms with Crippen LogP contribution < -0.4 is 4.90 Å². The van der Waals surface area contributed by atoms with E-state index in [0.717, 1.165) is 10.3 Å². The number of aliphatic hydroxyl groups excluding tert-OH is 1. The molecule has 0 radical (unpaired) electrons. The van der Waals surface area contributed by atoms with Crippen molar-refractivity contribution in [2.75, 3.05) is 18.6 Å². The molecule has 84 valence electrons. The first-order valence-electron chi connectivity index (χ1n) is 4.54. The van der Waals surface area contributed by atoms with Crippen LogP contribution in [0.1, 0.15) is 13.8 Å². The van der Waals surface area contributed by atoms with Gasteiger partial charge in [-0.3, -0.25) is 0 Å². The first-order valence-corrected chi connectivity index (χ1v) is 5.71. The summed E-state index contributed by atoms with van der Waals surface area (Å²) in [5, 5.41) is 9.84. The van der Waals surface area contributed by atoms with Crippen molar-refractivity contribution in [3.63, 3.8) is 0 Å². The number of halogens is 2. The molecule has 0 amide bonds. The van der Waals surface area contributed by atoms with Crippen molar-refractivity contribution < 1.29 is 5.11 Å². The summed E-state index contributed by atoms with van der Waals surface area (Å²) in [6.07, 6.45) is 1.59. The van der Waals surface area contributed by atoms with Crippen LogP contribution >= 0.6 is 27.5 Å². The highest BCUT2D eigenvalue weighted by Crippen LogP contribution is 2.29.